The van der Waals surface area contributed by atoms with Gasteiger partial charge in [-0.3, -0.25) is 0 Å². The zero-order chi connectivity index (χ0) is 11.7. The van der Waals surface area contributed by atoms with Crippen LogP contribution in [0.5, 0.6) is 5.75 Å². The van der Waals surface area contributed by atoms with Crippen LogP contribution >= 0.6 is 0 Å². The maximum atomic E-state index is 6.07. The maximum absolute atomic E-state index is 6.07. The van der Waals surface area contributed by atoms with Gasteiger partial charge in [0, 0.05) is 0 Å². The Hall–Kier alpha value is -1.10. The number of benzene rings is 2. The molecule has 1 heterocycles. The van der Waals surface area contributed by atoms with Gasteiger partial charge in [0.2, 0.25) is 0 Å². The summed E-state index contributed by atoms with van der Waals surface area (Å²) >= 11 is 2.11. The summed E-state index contributed by atoms with van der Waals surface area (Å²) in [7, 11) is 0. The fourth-order valence-electron chi connectivity index (χ4n) is 2.13. The first kappa shape index (κ1) is 11.0. The molecule has 1 nitrogen and oxygen atoms in total. The van der Waals surface area contributed by atoms with Crippen LogP contribution in [-0.4, -0.2) is 25.4 Å². The standard InChI is InChI=1S/C15H12OTe/c17-15-10-14(11-6-2-1-3-7-11)16-13-9-5-4-8-12(13)15/h1-9,14H,10H2. The van der Waals surface area contributed by atoms with E-state index in [1.165, 1.54) is 14.7 Å². The second-order valence-electron chi connectivity index (χ2n) is 4.14. The normalized spacial score (nSPS) is 18.4. The number of hydrogen-bond donors (Lipinski definition) is 0. The second-order valence-corrected chi connectivity index (χ2v) is 5.55. The van der Waals surface area contributed by atoms with Gasteiger partial charge >= 0.3 is 114 Å². The third kappa shape index (κ3) is 2.16. The number of para-hydroxylation sites is 1. The minimum absolute atomic E-state index is 0.161. The Morgan fingerprint density at radius 1 is 0.941 bits per heavy atom. The van der Waals surface area contributed by atoms with E-state index in [9.17, 15) is 0 Å². The Morgan fingerprint density at radius 2 is 1.65 bits per heavy atom. The Labute approximate surface area is 114 Å². The molecular formula is C15H12OTe. The Bertz CT molecular complexity index is 548. The van der Waals surface area contributed by atoms with Crippen molar-refractivity contribution in [2.24, 2.45) is 0 Å². The van der Waals surface area contributed by atoms with Crippen LogP contribution in [0.15, 0.2) is 54.6 Å². The van der Waals surface area contributed by atoms with Crippen LogP contribution in [0.25, 0.3) is 0 Å². The molecule has 1 aliphatic rings. The first-order chi connectivity index (χ1) is 8.34. The number of ether oxygens (including phenoxy) is 1. The predicted molar refractivity (Wildman–Crippen MR) is 70.7 cm³/mol. The minimum atomic E-state index is 0.161. The Kier molecular flexibility index (Phi) is 3.01. The molecule has 2 aromatic rings. The summed E-state index contributed by atoms with van der Waals surface area (Å²) in [5.41, 5.74) is 2.51. The number of hydrogen-bond acceptors (Lipinski definition) is 1. The average molecular weight is 336 g/mol. The summed E-state index contributed by atoms with van der Waals surface area (Å²) in [6.45, 7) is 0. The Balaban J connectivity index is 1.97. The van der Waals surface area contributed by atoms with E-state index in [4.69, 9.17) is 4.74 Å². The van der Waals surface area contributed by atoms with Crippen molar-refractivity contribution in [2.45, 2.75) is 12.5 Å². The van der Waals surface area contributed by atoms with Crippen LogP contribution < -0.4 is 4.74 Å². The topological polar surface area (TPSA) is 9.23 Å². The van der Waals surface area contributed by atoms with E-state index in [0.717, 1.165) is 12.2 Å². The molecule has 0 spiro atoms. The van der Waals surface area contributed by atoms with E-state index in [2.05, 4.69) is 64.3 Å². The van der Waals surface area contributed by atoms with Crippen molar-refractivity contribution in [3.63, 3.8) is 0 Å². The van der Waals surface area contributed by atoms with E-state index in [1.54, 1.807) is 0 Å². The van der Waals surface area contributed by atoms with Crippen LogP contribution in [0.1, 0.15) is 23.7 Å². The monoisotopic (exact) mass is 338 g/mol. The van der Waals surface area contributed by atoms with Crippen molar-refractivity contribution < 1.29 is 4.74 Å². The van der Waals surface area contributed by atoms with Gasteiger partial charge < -0.3 is 0 Å². The molecule has 1 aliphatic heterocycles. The summed E-state index contributed by atoms with van der Waals surface area (Å²) in [5, 5.41) is 0. The fraction of sp³-hybridized carbons (Fsp3) is 0.133. The molecule has 2 heteroatoms. The van der Waals surface area contributed by atoms with Crippen LogP contribution in [-0.2, 0) is 0 Å². The molecule has 0 N–H and O–H groups in total. The molecular weight excluding hydrogens is 324 g/mol. The van der Waals surface area contributed by atoms with E-state index in [1.807, 2.05) is 12.1 Å². The first-order valence-corrected chi connectivity index (χ1v) is 6.85. The third-order valence-corrected chi connectivity index (χ3v) is 4.10. The predicted octanol–water partition coefficient (Wildman–Crippen LogP) is 2.90. The van der Waals surface area contributed by atoms with Crippen molar-refractivity contribution in [3.8, 4) is 5.75 Å². The van der Waals surface area contributed by atoms with Crippen molar-refractivity contribution in [1.29, 1.82) is 0 Å². The summed E-state index contributed by atoms with van der Waals surface area (Å²) in [6.07, 6.45) is 1.14. The molecule has 3 rings (SSSR count). The van der Waals surface area contributed by atoms with Gasteiger partial charge in [-0.15, -0.1) is 0 Å². The van der Waals surface area contributed by atoms with Gasteiger partial charge in [0.1, 0.15) is 0 Å². The van der Waals surface area contributed by atoms with Gasteiger partial charge in [0.05, 0.1) is 0 Å². The number of fused-ring (bicyclic) bond motifs is 1. The molecule has 0 fully saturated rings. The molecule has 0 radical (unpaired) electrons. The van der Waals surface area contributed by atoms with Gasteiger partial charge in [-0.2, -0.15) is 0 Å². The van der Waals surface area contributed by atoms with Gasteiger partial charge in [0.15, 0.2) is 0 Å². The molecule has 0 bridgehead atoms. The van der Waals surface area contributed by atoms with E-state index >= 15 is 0 Å². The average Bonchev–Trinajstić information content (AvgIpc) is 2.40. The fourth-order valence-corrected chi connectivity index (χ4v) is 3.04. The summed E-state index contributed by atoms with van der Waals surface area (Å²) in [6, 6.07) is 18.7. The molecule has 1 unspecified atom stereocenters. The van der Waals surface area contributed by atoms with Crippen LogP contribution in [0.4, 0.5) is 0 Å². The first-order valence-electron chi connectivity index (χ1n) is 5.68. The van der Waals surface area contributed by atoms with Crippen LogP contribution in [0.3, 0.4) is 0 Å². The van der Waals surface area contributed by atoms with Gasteiger partial charge in [-0.05, 0) is 0 Å². The third-order valence-electron chi connectivity index (χ3n) is 3.00. The van der Waals surface area contributed by atoms with Crippen molar-refractivity contribution >= 4 is 25.4 Å². The SMILES string of the molecule is [Te]=C1CC(c2ccccc2)Oc2ccccc21. The molecule has 2 aromatic carbocycles. The van der Waals surface area contributed by atoms with Crippen molar-refractivity contribution in [1.82, 2.24) is 0 Å². The van der Waals surface area contributed by atoms with Crippen LogP contribution in [0.2, 0.25) is 0 Å². The Morgan fingerprint density at radius 3 is 2.47 bits per heavy atom. The quantitative estimate of drug-likeness (QED) is 0.728. The van der Waals surface area contributed by atoms with Crippen molar-refractivity contribution in [3.05, 3.63) is 65.7 Å². The van der Waals surface area contributed by atoms with Crippen LogP contribution in [0, 0.1) is 0 Å². The molecule has 1 atom stereocenters. The van der Waals surface area contributed by atoms with Gasteiger partial charge in [0.25, 0.3) is 0 Å². The van der Waals surface area contributed by atoms with Crippen molar-refractivity contribution in [2.75, 3.05) is 0 Å². The summed E-state index contributed by atoms with van der Waals surface area (Å²) < 4.78 is 7.48. The molecule has 0 saturated heterocycles. The molecule has 84 valence electrons. The summed E-state index contributed by atoms with van der Waals surface area (Å²) in [4.78, 5) is 0. The molecule has 17 heavy (non-hydrogen) atoms. The molecule has 0 amide bonds. The zero-order valence-electron chi connectivity index (χ0n) is 9.30. The zero-order valence-corrected chi connectivity index (χ0v) is 11.6. The second kappa shape index (κ2) is 4.64. The molecule has 0 saturated carbocycles. The number of rotatable bonds is 1. The van der Waals surface area contributed by atoms with E-state index < -0.39 is 0 Å². The molecule has 0 aliphatic carbocycles. The van der Waals surface area contributed by atoms with E-state index in [0.29, 0.717) is 0 Å². The van der Waals surface area contributed by atoms with Gasteiger partial charge in [-0.25, -0.2) is 0 Å². The van der Waals surface area contributed by atoms with E-state index in [-0.39, 0.29) is 6.10 Å². The summed E-state index contributed by atoms with van der Waals surface area (Å²) in [5.74, 6) is 1.01. The van der Waals surface area contributed by atoms with Gasteiger partial charge in [-0.1, -0.05) is 0 Å². The molecule has 0 aromatic heterocycles.